The fourth-order valence-corrected chi connectivity index (χ4v) is 1.86. The van der Waals surface area contributed by atoms with Crippen LogP contribution in [0, 0.1) is 11.3 Å². The van der Waals surface area contributed by atoms with Gasteiger partial charge in [0, 0.05) is 0 Å². The highest BCUT2D eigenvalue weighted by Crippen LogP contribution is 2.25. The topological polar surface area (TPSA) is 82.1 Å². The second-order valence-corrected chi connectivity index (χ2v) is 4.20. The first-order valence-corrected chi connectivity index (χ1v) is 5.96. The lowest BCUT2D eigenvalue weighted by molar-refractivity contribution is 0.276. The summed E-state index contributed by atoms with van der Waals surface area (Å²) in [4.78, 5) is 0. The molecule has 0 heterocycles. The summed E-state index contributed by atoms with van der Waals surface area (Å²) >= 11 is 0. The molecule has 0 radical (unpaired) electrons. The van der Waals surface area contributed by atoms with Gasteiger partial charge >= 0.3 is 0 Å². The Morgan fingerprint density at radius 1 is 1.21 bits per heavy atom. The smallest absolute Gasteiger partial charge is 0.0992 e. The van der Waals surface area contributed by atoms with Crippen molar-refractivity contribution in [1.29, 1.82) is 5.26 Å². The Balaban J connectivity index is 2.26. The van der Waals surface area contributed by atoms with Gasteiger partial charge in [-0.1, -0.05) is 30.3 Å². The van der Waals surface area contributed by atoms with Crippen LogP contribution in [0.2, 0.25) is 0 Å². The van der Waals surface area contributed by atoms with Crippen molar-refractivity contribution >= 4 is 11.4 Å². The van der Waals surface area contributed by atoms with Crippen molar-refractivity contribution < 1.29 is 5.11 Å². The Morgan fingerprint density at radius 2 is 1.95 bits per heavy atom. The average Bonchev–Trinajstić information content (AvgIpc) is 2.47. The molecule has 0 aliphatic carbocycles. The molecule has 0 spiro atoms. The first-order chi connectivity index (χ1) is 9.24. The molecule has 0 aromatic heterocycles. The fraction of sp³-hybridized carbons (Fsp3) is 0.133. The van der Waals surface area contributed by atoms with E-state index in [9.17, 15) is 5.11 Å². The van der Waals surface area contributed by atoms with Crippen molar-refractivity contribution in [2.24, 2.45) is 0 Å². The maximum atomic E-state index is 9.49. The minimum absolute atomic E-state index is 0.0553. The molecular formula is C15H15N3O. The molecule has 19 heavy (non-hydrogen) atoms. The van der Waals surface area contributed by atoms with Gasteiger partial charge in [0.25, 0.3) is 0 Å². The molecule has 1 unspecified atom stereocenters. The van der Waals surface area contributed by atoms with Gasteiger partial charge in [0.2, 0.25) is 0 Å². The fourth-order valence-electron chi connectivity index (χ4n) is 1.86. The predicted octanol–water partition coefficient (Wildman–Crippen LogP) is 2.29. The molecule has 1 atom stereocenters. The van der Waals surface area contributed by atoms with Crippen LogP contribution < -0.4 is 11.1 Å². The van der Waals surface area contributed by atoms with Gasteiger partial charge in [-0.2, -0.15) is 5.26 Å². The number of nitrogens with two attached hydrogens (primary N) is 1. The summed E-state index contributed by atoms with van der Waals surface area (Å²) < 4.78 is 0. The van der Waals surface area contributed by atoms with Crippen molar-refractivity contribution in [3.05, 3.63) is 59.7 Å². The standard InChI is InChI=1S/C15H15N3O/c16-9-11-6-7-13(17)14(8-11)18-15(10-19)12-4-2-1-3-5-12/h1-8,15,18-19H,10,17H2. The van der Waals surface area contributed by atoms with Gasteiger partial charge in [0.15, 0.2) is 0 Å². The number of aliphatic hydroxyl groups excluding tert-OH is 1. The second-order valence-electron chi connectivity index (χ2n) is 4.20. The van der Waals surface area contributed by atoms with Crippen LogP contribution in [0.15, 0.2) is 48.5 Å². The van der Waals surface area contributed by atoms with Gasteiger partial charge in [0.05, 0.1) is 35.7 Å². The van der Waals surface area contributed by atoms with Crippen LogP contribution in [0.5, 0.6) is 0 Å². The molecule has 0 aliphatic heterocycles. The third-order valence-electron chi connectivity index (χ3n) is 2.90. The summed E-state index contributed by atoms with van der Waals surface area (Å²) in [6, 6.07) is 16.4. The molecule has 0 fully saturated rings. The van der Waals surface area contributed by atoms with Crippen molar-refractivity contribution in [3.63, 3.8) is 0 Å². The Morgan fingerprint density at radius 3 is 2.58 bits per heavy atom. The minimum atomic E-state index is -0.252. The highest BCUT2D eigenvalue weighted by Gasteiger charge is 2.11. The van der Waals surface area contributed by atoms with E-state index < -0.39 is 0 Å². The minimum Gasteiger partial charge on any atom is -0.397 e. The van der Waals surface area contributed by atoms with Crippen LogP contribution in [0.4, 0.5) is 11.4 Å². The van der Waals surface area contributed by atoms with Crippen LogP contribution in [0.1, 0.15) is 17.2 Å². The van der Waals surface area contributed by atoms with Crippen molar-refractivity contribution in [1.82, 2.24) is 0 Å². The summed E-state index contributed by atoms with van der Waals surface area (Å²) in [6.45, 7) is -0.0553. The van der Waals surface area contributed by atoms with E-state index in [2.05, 4.69) is 11.4 Å². The maximum absolute atomic E-state index is 9.49. The summed E-state index contributed by atoms with van der Waals surface area (Å²) in [5.41, 5.74) is 8.57. The quantitative estimate of drug-likeness (QED) is 0.730. The SMILES string of the molecule is N#Cc1ccc(N)c(NC(CO)c2ccccc2)c1. The number of rotatable bonds is 4. The molecule has 2 rings (SSSR count). The number of nitrogens with one attached hydrogen (secondary N) is 1. The van der Waals surface area contributed by atoms with Crippen LogP contribution >= 0.6 is 0 Å². The molecule has 2 aromatic carbocycles. The second kappa shape index (κ2) is 5.89. The zero-order chi connectivity index (χ0) is 13.7. The van der Waals surface area contributed by atoms with Crippen LogP contribution in [0.3, 0.4) is 0 Å². The molecule has 0 saturated carbocycles. The predicted molar refractivity (Wildman–Crippen MR) is 75.5 cm³/mol. The highest BCUT2D eigenvalue weighted by atomic mass is 16.3. The van der Waals surface area contributed by atoms with Gasteiger partial charge in [-0.3, -0.25) is 0 Å². The van der Waals surface area contributed by atoms with E-state index in [1.807, 2.05) is 30.3 Å². The van der Waals surface area contributed by atoms with Crippen LogP contribution in [0.25, 0.3) is 0 Å². The van der Waals surface area contributed by atoms with Gasteiger partial charge in [-0.15, -0.1) is 0 Å². The van der Waals surface area contributed by atoms with E-state index >= 15 is 0 Å². The Labute approximate surface area is 112 Å². The average molecular weight is 253 g/mol. The van der Waals surface area contributed by atoms with E-state index in [0.29, 0.717) is 16.9 Å². The van der Waals surface area contributed by atoms with Crippen molar-refractivity contribution in [2.45, 2.75) is 6.04 Å². The lowest BCUT2D eigenvalue weighted by Gasteiger charge is -2.19. The summed E-state index contributed by atoms with van der Waals surface area (Å²) in [5.74, 6) is 0. The van der Waals surface area contributed by atoms with E-state index in [-0.39, 0.29) is 12.6 Å². The third-order valence-corrected chi connectivity index (χ3v) is 2.90. The summed E-state index contributed by atoms with van der Waals surface area (Å²) in [7, 11) is 0. The van der Waals surface area contributed by atoms with E-state index in [1.54, 1.807) is 18.2 Å². The lowest BCUT2D eigenvalue weighted by Crippen LogP contribution is -2.15. The monoisotopic (exact) mass is 253 g/mol. The Kier molecular flexibility index (Phi) is 4.01. The molecule has 2 aromatic rings. The normalized spacial score (nSPS) is 11.6. The molecule has 96 valence electrons. The maximum Gasteiger partial charge on any atom is 0.0992 e. The number of hydrogen-bond acceptors (Lipinski definition) is 4. The number of hydrogen-bond donors (Lipinski definition) is 3. The molecular weight excluding hydrogens is 238 g/mol. The number of nitrogens with zero attached hydrogens (tertiary/aromatic N) is 1. The van der Waals surface area contributed by atoms with Crippen LogP contribution in [-0.4, -0.2) is 11.7 Å². The molecule has 4 nitrogen and oxygen atoms in total. The largest absolute Gasteiger partial charge is 0.397 e. The highest BCUT2D eigenvalue weighted by molar-refractivity contribution is 5.68. The van der Waals surface area contributed by atoms with Gasteiger partial charge in [0.1, 0.15) is 0 Å². The molecule has 4 heteroatoms. The van der Waals surface area contributed by atoms with E-state index in [1.165, 1.54) is 0 Å². The molecule has 0 bridgehead atoms. The van der Waals surface area contributed by atoms with Gasteiger partial charge in [-0.25, -0.2) is 0 Å². The number of nitrogen functional groups attached to an aromatic ring is 1. The van der Waals surface area contributed by atoms with E-state index in [0.717, 1.165) is 5.56 Å². The van der Waals surface area contributed by atoms with Gasteiger partial charge in [-0.05, 0) is 23.8 Å². The van der Waals surface area contributed by atoms with E-state index in [4.69, 9.17) is 11.0 Å². The Hall–Kier alpha value is -2.51. The van der Waals surface area contributed by atoms with Crippen molar-refractivity contribution in [2.75, 3.05) is 17.7 Å². The zero-order valence-corrected chi connectivity index (χ0v) is 10.4. The number of anilines is 2. The first-order valence-electron chi connectivity index (χ1n) is 5.96. The number of aliphatic hydroxyl groups is 1. The summed E-state index contributed by atoms with van der Waals surface area (Å²) in [5, 5.41) is 21.5. The third kappa shape index (κ3) is 3.03. The zero-order valence-electron chi connectivity index (χ0n) is 10.4. The molecule has 0 saturated heterocycles. The molecule has 0 aliphatic rings. The molecule has 0 amide bonds. The number of nitriles is 1. The Bertz CT molecular complexity index is 590. The molecule has 4 N–H and O–H groups in total. The summed E-state index contributed by atoms with van der Waals surface area (Å²) in [6.07, 6.45) is 0. The lowest BCUT2D eigenvalue weighted by atomic mass is 10.1. The van der Waals surface area contributed by atoms with Gasteiger partial charge < -0.3 is 16.2 Å². The first kappa shape index (κ1) is 12.9. The van der Waals surface area contributed by atoms with Crippen molar-refractivity contribution in [3.8, 4) is 6.07 Å². The van der Waals surface area contributed by atoms with Crippen LogP contribution in [-0.2, 0) is 0 Å². The number of benzene rings is 2.